The first-order valence-corrected chi connectivity index (χ1v) is 7.03. The number of ether oxygens (including phenoxy) is 1. The first kappa shape index (κ1) is 14.6. The third-order valence-corrected chi connectivity index (χ3v) is 3.48. The number of aldehydes is 1. The first-order chi connectivity index (χ1) is 9.60. The van der Waals surface area contributed by atoms with Crippen LogP contribution < -0.4 is 9.64 Å². The SMILES string of the molecule is CN(C)c1ccc(C=O)c(OCc2ccc(Br)cc2)c1. The highest BCUT2D eigenvalue weighted by Gasteiger charge is 2.06. The summed E-state index contributed by atoms with van der Waals surface area (Å²) in [7, 11) is 3.91. The Hall–Kier alpha value is -1.81. The number of halogens is 1. The second-order valence-electron chi connectivity index (χ2n) is 4.65. The maximum absolute atomic E-state index is 11.1. The Morgan fingerprint density at radius 1 is 1.15 bits per heavy atom. The molecule has 0 spiro atoms. The standard InChI is InChI=1S/C16H16BrNO2/c1-18(2)15-8-5-13(10-19)16(9-15)20-11-12-3-6-14(17)7-4-12/h3-10H,11H2,1-2H3. The summed E-state index contributed by atoms with van der Waals surface area (Å²) in [5.41, 5.74) is 2.62. The van der Waals surface area contributed by atoms with Gasteiger partial charge in [-0.05, 0) is 29.8 Å². The van der Waals surface area contributed by atoms with E-state index in [1.165, 1.54) is 0 Å². The van der Waals surface area contributed by atoms with Crippen LogP contribution in [0.15, 0.2) is 46.9 Å². The topological polar surface area (TPSA) is 29.5 Å². The molecule has 20 heavy (non-hydrogen) atoms. The van der Waals surface area contributed by atoms with Crippen molar-refractivity contribution in [2.24, 2.45) is 0 Å². The van der Waals surface area contributed by atoms with Gasteiger partial charge in [-0.15, -0.1) is 0 Å². The van der Waals surface area contributed by atoms with E-state index in [-0.39, 0.29) is 0 Å². The minimum absolute atomic E-state index is 0.436. The van der Waals surface area contributed by atoms with E-state index in [4.69, 9.17) is 4.74 Å². The lowest BCUT2D eigenvalue weighted by molar-refractivity contribution is 0.111. The predicted octanol–water partition coefficient (Wildman–Crippen LogP) is 3.91. The van der Waals surface area contributed by atoms with Crippen LogP contribution in [0.1, 0.15) is 15.9 Å². The number of nitrogens with zero attached hydrogens (tertiary/aromatic N) is 1. The fourth-order valence-corrected chi connectivity index (χ4v) is 2.03. The summed E-state index contributed by atoms with van der Waals surface area (Å²) in [5.74, 6) is 0.606. The molecule has 0 aliphatic carbocycles. The van der Waals surface area contributed by atoms with Crippen molar-refractivity contribution >= 4 is 27.9 Å². The Labute approximate surface area is 127 Å². The van der Waals surface area contributed by atoms with Crippen LogP contribution in [0, 0.1) is 0 Å². The summed E-state index contributed by atoms with van der Waals surface area (Å²) in [6, 6.07) is 13.5. The van der Waals surface area contributed by atoms with Crippen LogP contribution in [0.2, 0.25) is 0 Å². The van der Waals surface area contributed by atoms with Gasteiger partial charge >= 0.3 is 0 Å². The molecular weight excluding hydrogens is 318 g/mol. The van der Waals surface area contributed by atoms with Crippen LogP contribution in [-0.4, -0.2) is 20.4 Å². The number of carbonyl (C=O) groups excluding carboxylic acids is 1. The Kier molecular flexibility index (Phi) is 4.79. The molecule has 0 aliphatic heterocycles. The fourth-order valence-electron chi connectivity index (χ4n) is 1.77. The Morgan fingerprint density at radius 3 is 2.45 bits per heavy atom. The largest absolute Gasteiger partial charge is 0.488 e. The van der Waals surface area contributed by atoms with Crippen molar-refractivity contribution < 1.29 is 9.53 Å². The van der Waals surface area contributed by atoms with Crippen LogP contribution in [-0.2, 0) is 6.61 Å². The summed E-state index contributed by atoms with van der Waals surface area (Å²) in [5, 5.41) is 0. The molecule has 4 heteroatoms. The van der Waals surface area contributed by atoms with E-state index in [2.05, 4.69) is 15.9 Å². The van der Waals surface area contributed by atoms with Crippen LogP contribution in [0.4, 0.5) is 5.69 Å². The van der Waals surface area contributed by atoms with Gasteiger partial charge < -0.3 is 9.64 Å². The fraction of sp³-hybridized carbons (Fsp3) is 0.188. The molecule has 2 aromatic carbocycles. The highest BCUT2D eigenvalue weighted by atomic mass is 79.9. The zero-order valence-corrected chi connectivity index (χ0v) is 13.1. The van der Waals surface area contributed by atoms with Crippen molar-refractivity contribution in [3.05, 3.63) is 58.1 Å². The molecule has 0 atom stereocenters. The van der Waals surface area contributed by atoms with Gasteiger partial charge in [-0.2, -0.15) is 0 Å². The monoisotopic (exact) mass is 333 g/mol. The zero-order valence-electron chi connectivity index (χ0n) is 11.5. The van der Waals surface area contributed by atoms with Gasteiger partial charge in [0.05, 0.1) is 5.56 Å². The number of hydrogen-bond acceptors (Lipinski definition) is 3. The van der Waals surface area contributed by atoms with Crippen molar-refractivity contribution in [2.45, 2.75) is 6.61 Å². The summed E-state index contributed by atoms with van der Waals surface area (Å²) in [6.45, 7) is 0.436. The van der Waals surface area contributed by atoms with Crippen molar-refractivity contribution in [1.82, 2.24) is 0 Å². The molecule has 0 saturated heterocycles. The van der Waals surface area contributed by atoms with E-state index >= 15 is 0 Å². The Balaban J connectivity index is 2.16. The highest BCUT2D eigenvalue weighted by Crippen LogP contribution is 2.24. The molecule has 0 aromatic heterocycles. The van der Waals surface area contributed by atoms with E-state index in [1.807, 2.05) is 55.4 Å². The number of anilines is 1. The number of rotatable bonds is 5. The molecule has 0 N–H and O–H groups in total. The van der Waals surface area contributed by atoms with E-state index < -0.39 is 0 Å². The highest BCUT2D eigenvalue weighted by molar-refractivity contribution is 9.10. The van der Waals surface area contributed by atoms with E-state index in [0.29, 0.717) is 17.9 Å². The molecule has 0 amide bonds. The van der Waals surface area contributed by atoms with Gasteiger partial charge in [0.1, 0.15) is 12.4 Å². The molecule has 0 aliphatic rings. The normalized spacial score (nSPS) is 10.2. The lowest BCUT2D eigenvalue weighted by Crippen LogP contribution is -2.09. The first-order valence-electron chi connectivity index (χ1n) is 6.24. The summed E-state index contributed by atoms with van der Waals surface area (Å²) < 4.78 is 6.80. The molecular formula is C16H16BrNO2. The Morgan fingerprint density at radius 2 is 1.85 bits per heavy atom. The number of benzene rings is 2. The molecule has 2 aromatic rings. The van der Waals surface area contributed by atoms with Crippen LogP contribution in [0.25, 0.3) is 0 Å². The van der Waals surface area contributed by atoms with Gasteiger partial charge in [0.2, 0.25) is 0 Å². The van der Waals surface area contributed by atoms with Gasteiger partial charge in [-0.1, -0.05) is 28.1 Å². The molecule has 0 saturated carbocycles. The molecule has 3 nitrogen and oxygen atoms in total. The minimum Gasteiger partial charge on any atom is -0.488 e. The van der Waals surface area contributed by atoms with Gasteiger partial charge in [0.25, 0.3) is 0 Å². The van der Waals surface area contributed by atoms with Crippen molar-refractivity contribution in [1.29, 1.82) is 0 Å². The number of carbonyl (C=O) groups is 1. The molecule has 0 heterocycles. The summed E-state index contributed by atoms with van der Waals surface area (Å²) in [4.78, 5) is 13.0. The maximum Gasteiger partial charge on any atom is 0.153 e. The molecule has 0 fully saturated rings. The van der Waals surface area contributed by atoms with Gasteiger partial charge in [-0.3, -0.25) is 4.79 Å². The molecule has 0 unspecified atom stereocenters. The van der Waals surface area contributed by atoms with E-state index in [9.17, 15) is 4.79 Å². The van der Waals surface area contributed by atoms with Crippen LogP contribution >= 0.6 is 15.9 Å². The Bertz CT molecular complexity index is 594. The quantitative estimate of drug-likeness (QED) is 0.777. The van der Waals surface area contributed by atoms with Crippen LogP contribution in [0.3, 0.4) is 0 Å². The lowest BCUT2D eigenvalue weighted by Gasteiger charge is -2.15. The summed E-state index contributed by atoms with van der Waals surface area (Å²) in [6.07, 6.45) is 0.816. The third-order valence-electron chi connectivity index (χ3n) is 2.95. The van der Waals surface area contributed by atoms with Gasteiger partial charge in [-0.25, -0.2) is 0 Å². The molecule has 2 rings (SSSR count). The average Bonchev–Trinajstić information content (AvgIpc) is 2.46. The predicted molar refractivity (Wildman–Crippen MR) is 84.6 cm³/mol. The number of hydrogen-bond donors (Lipinski definition) is 0. The van der Waals surface area contributed by atoms with Crippen molar-refractivity contribution in [3.63, 3.8) is 0 Å². The summed E-state index contributed by atoms with van der Waals surface area (Å²) >= 11 is 3.40. The van der Waals surface area contributed by atoms with Gasteiger partial charge in [0.15, 0.2) is 6.29 Å². The van der Waals surface area contributed by atoms with Crippen molar-refractivity contribution in [2.75, 3.05) is 19.0 Å². The van der Waals surface area contributed by atoms with E-state index in [0.717, 1.165) is 22.0 Å². The maximum atomic E-state index is 11.1. The molecule has 104 valence electrons. The van der Waals surface area contributed by atoms with E-state index in [1.54, 1.807) is 6.07 Å². The third kappa shape index (κ3) is 3.61. The second-order valence-corrected chi connectivity index (χ2v) is 5.57. The second kappa shape index (κ2) is 6.57. The minimum atomic E-state index is 0.436. The molecule has 0 bridgehead atoms. The molecule has 0 radical (unpaired) electrons. The zero-order chi connectivity index (χ0) is 14.5. The van der Waals surface area contributed by atoms with Gasteiger partial charge in [0, 0.05) is 30.3 Å². The lowest BCUT2D eigenvalue weighted by atomic mass is 10.2. The smallest absolute Gasteiger partial charge is 0.153 e. The average molecular weight is 334 g/mol. The van der Waals surface area contributed by atoms with Crippen molar-refractivity contribution in [3.8, 4) is 5.75 Å². The van der Waals surface area contributed by atoms with Crippen LogP contribution in [0.5, 0.6) is 5.75 Å².